The predicted octanol–water partition coefficient (Wildman–Crippen LogP) is 3.49. The van der Waals surface area contributed by atoms with E-state index in [-0.39, 0.29) is 4.90 Å². The fraction of sp³-hybridized carbons (Fsp3) is 0.391. The zero-order valence-electron chi connectivity index (χ0n) is 18.5. The number of benzene rings is 2. The summed E-state index contributed by atoms with van der Waals surface area (Å²) < 4.78 is 35.2. The number of rotatable bonds is 6. The SMILES string of the molecule is COCCn1c(=NC(=O)c2ccc(S(=O)(=O)N3CCCC3)cc2)sc2cc(C)c(C)cc21. The van der Waals surface area contributed by atoms with Crippen LogP contribution in [0, 0.1) is 13.8 Å². The van der Waals surface area contributed by atoms with Gasteiger partial charge in [-0.05, 0) is 74.2 Å². The third kappa shape index (κ3) is 4.43. The van der Waals surface area contributed by atoms with E-state index < -0.39 is 15.9 Å². The molecule has 1 aliphatic heterocycles. The largest absolute Gasteiger partial charge is 0.383 e. The van der Waals surface area contributed by atoms with Crippen LogP contribution in [0.3, 0.4) is 0 Å². The van der Waals surface area contributed by atoms with Crippen molar-refractivity contribution in [3.05, 3.63) is 57.9 Å². The number of aryl methyl sites for hydroxylation is 2. The first kappa shape index (κ1) is 22.8. The summed E-state index contributed by atoms with van der Waals surface area (Å²) in [4.78, 5) is 18.1. The zero-order chi connectivity index (χ0) is 22.9. The molecule has 0 atom stereocenters. The Balaban J connectivity index is 1.68. The average molecular weight is 474 g/mol. The number of aromatic nitrogens is 1. The molecule has 9 heteroatoms. The Morgan fingerprint density at radius 3 is 2.41 bits per heavy atom. The molecule has 2 aromatic carbocycles. The number of carbonyl (C=O) groups excluding carboxylic acids is 1. The molecule has 0 unspecified atom stereocenters. The number of hydrogen-bond acceptors (Lipinski definition) is 5. The van der Waals surface area contributed by atoms with E-state index in [4.69, 9.17) is 4.74 Å². The molecule has 2 heterocycles. The lowest BCUT2D eigenvalue weighted by Gasteiger charge is -2.15. The monoisotopic (exact) mass is 473 g/mol. The van der Waals surface area contributed by atoms with Gasteiger partial charge in [0.05, 0.1) is 21.7 Å². The second kappa shape index (κ2) is 9.27. The highest BCUT2D eigenvalue weighted by Crippen LogP contribution is 2.23. The Labute approximate surface area is 192 Å². The summed E-state index contributed by atoms with van der Waals surface area (Å²) in [6, 6.07) is 10.3. The topological polar surface area (TPSA) is 81.0 Å². The summed E-state index contributed by atoms with van der Waals surface area (Å²) in [5.74, 6) is -0.402. The zero-order valence-corrected chi connectivity index (χ0v) is 20.1. The first-order valence-corrected chi connectivity index (χ1v) is 12.9. The Hall–Kier alpha value is -2.33. The number of hydrogen-bond donors (Lipinski definition) is 0. The molecule has 3 aromatic rings. The summed E-state index contributed by atoms with van der Waals surface area (Å²) in [7, 11) is -1.86. The molecular weight excluding hydrogens is 446 g/mol. The minimum Gasteiger partial charge on any atom is -0.383 e. The molecule has 0 saturated carbocycles. The molecule has 1 amide bonds. The van der Waals surface area contributed by atoms with E-state index in [0.717, 1.165) is 23.1 Å². The number of nitrogens with zero attached hydrogens (tertiary/aromatic N) is 3. The van der Waals surface area contributed by atoms with Crippen LogP contribution in [0.4, 0.5) is 0 Å². The van der Waals surface area contributed by atoms with Gasteiger partial charge in [-0.2, -0.15) is 9.30 Å². The van der Waals surface area contributed by atoms with Gasteiger partial charge in [0.2, 0.25) is 10.0 Å². The van der Waals surface area contributed by atoms with Crippen LogP contribution in [0.15, 0.2) is 46.3 Å². The van der Waals surface area contributed by atoms with Gasteiger partial charge in [0.1, 0.15) is 0 Å². The first-order valence-electron chi connectivity index (χ1n) is 10.6. The van der Waals surface area contributed by atoms with Gasteiger partial charge in [-0.3, -0.25) is 4.79 Å². The van der Waals surface area contributed by atoms with E-state index in [0.29, 0.717) is 36.6 Å². The Bertz CT molecular complexity index is 1320. The molecule has 170 valence electrons. The van der Waals surface area contributed by atoms with E-state index in [9.17, 15) is 13.2 Å². The molecule has 0 radical (unpaired) electrons. The number of thiazole rings is 1. The summed E-state index contributed by atoms with van der Waals surface area (Å²) in [5, 5.41) is 0. The smallest absolute Gasteiger partial charge is 0.279 e. The van der Waals surface area contributed by atoms with Crippen molar-refractivity contribution in [2.24, 2.45) is 4.99 Å². The van der Waals surface area contributed by atoms with Crippen molar-refractivity contribution >= 4 is 37.5 Å². The summed E-state index contributed by atoms with van der Waals surface area (Å²) in [6.45, 7) is 6.30. The van der Waals surface area contributed by atoms with Crippen molar-refractivity contribution in [2.45, 2.75) is 38.1 Å². The number of amides is 1. The van der Waals surface area contributed by atoms with Crippen molar-refractivity contribution in [1.82, 2.24) is 8.87 Å². The van der Waals surface area contributed by atoms with Crippen molar-refractivity contribution < 1.29 is 17.9 Å². The third-order valence-electron chi connectivity index (χ3n) is 5.82. The number of methoxy groups -OCH3 is 1. The summed E-state index contributed by atoms with van der Waals surface area (Å²) >= 11 is 1.46. The quantitative estimate of drug-likeness (QED) is 0.549. The van der Waals surface area contributed by atoms with Crippen LogP contribution in [0.1, 0.15) is 34.3 Å². The molecule has 0 bridgehead atoms. The van der Waals surface area contributed by atoms with Gasteiger partial charge in [-0.1, -0.05) is 11.3 Å². The predicted molar refractivity (Wildman–Crippen MR) is 125 cm³/mol. The van der Waals surface area contributed by atoms with Gasteiger partial charge in [-0.15, -0.1) is 0 Å². The molecular formula is C23H27N3O4S2. The highest BCUT2D eigenvalue weighted by molar-refractivity contribution is 7.89. The Morgan fingerprint density at radius 1 is 1.09 bits per heavy atom. The second-order valence-corrected chi connectivity index (χ2v) is 10.9. The summed E-state index contributed by atoms with van der Waals surface area (Å²) in [5.41, 5.74) is 3.74. The molecule has 0 spiro atoms. The second-order valence-electron chi connectivity index (χ2n) is 7.99. The van der Waals surface area contributed by atoms with Gasteiger partial charge in [-0.25, -0.2) is 8.42 Å². The molecule has 1 fully saturated rings. The van der Waals surface area contributed by atoms with E-state index >= 15 is 0 Å². The van der Waals surface area contributed by atoms with Crippen LogP contribution in [0.5, 0.6) is 0 Å². The van der Waals surface area contributed by atoms with Crippen LogP contribution in [-0.2, 0) is 21.3 Å². The highest BCUT2D eigenvalue weighted by Gasteiger charge is 2.27. The maximum Gasteiger partial charge on any atom is 0.279 e. The van der Waals surface area contributed by atoms with E-state index in [1.54, 1.807) is 7.11 Å². The van der Waals surface area contributed by atoms with Crippen LogP contribution < -0.4 is 4.80 Å². The Kier molecular flexibility index (Phi) is 6.62. The van der Waals surface area contributed by atoms with Crippen molar-refractivity contribution in [3.8, 4) is 0 Å². The average Bonchev–Trinajstić information content (AvgIpc) is 3.42. The minimum absolute atomic E-state index is 0.207. The fourth-order valence-electron chi connectivity index (χ4n) is 3.80. The van der Waals surface area contributed by atoms with E-state index in [1.165, 1.54) is 51.0 Å². The van der Waals surface area contributed by atoms with E-state index in [1.807, 2.05) is 4.57 Å². The molecule has 7 nitrogen and oxygen atoms in total. The van der Waals surface area contributed by atoms with Crippen molar-refractivity contribution in [3.63, 3.8) is 0 Å². The lowest BCUT2D eigenvalue weighted by molar-refractivity contribution is 0.0997. The van der Waals surface area contributed by atoms with Crippen LogP contribution in [0.2, 0.25) is 0 Å². The first-order chi connectivity index (χ1) is 15.3. The normalized spacial score (nSPS) is 15.7. The van der Waals surface area contributed by atoms with Crippen molar-refractivity contribution in [2.75, 3.05) is 26.8 Å². The summed E-state index contributed by atoms with van der Waals surface area (Å²) in [6.07, 6.45) is 1.76. The van der Waals surface area contributed by atoms with Crippen molar-refractivity contribution in [1.29, 1.82) is 0 Å². The van der Waals surface area contributed by atoms with Crippen LogP contribution in [-0.4, -0.2) is 50.0 Å². The minimum atomic E-state index is -3.51. The number of fused-ring (bicyclic) bond motifs is 1. The number of carbonyl (C=O) groups is 1. The van der Waals surface area contributed by atoms with Crippen LogP contribution >= 0.6 is 11.3 Å². The van der Waals surface area contributed by atoms with Gasteiger partial charge < -0.3 is 9.30 Å². The van der Waals surface area contributed by atoms with Gasteiger partial charge in [0.15, 0.2) is 4.80 Å². The van der Waals surface area contributed by atoms with Gasteiger partial charge in [0.25, 0.3) is 5.91 Å². The van der Waals surface area contributed by atoms with Gasteiger partial charge >= 0.3 is 0 Å². The standard InChI is InChI=1S/C23H27N3O4S2/c1-16-14-20-21(15-17(16)2)31-23(26(20)12-13-30-3)24-22(27)18-6-8-19(9-7-18)32(28,29)25-10-4-5-11-25/h6-9,14-15H,4-5,10-13H2,1-3H3. The van der Waals surface area contributed by atoms with E-state index in [2.05, 4.69) is 31.0 Å². The molecule has 1 saturated heterocycles. The molecule has 1 aromatic heterocycles. The molecule has 0 aliphatic carbocycles. The number of sulfonamides is 1. The van der Waals surface area contributed by atoms with Crippen LogP contribution in [0.25, 0.3) is 10.2 Å². The maximum atomic E-state index is 12.9. The third-order valence-corrected chi connectivity index (χ3v) is 8.77. The lowest BCUT2D eigenvalue weighted by Crippen LogP contribution is -2.27. The maximum absolute atomic E-state index is 12.9. The van der Waals surface area contributed by atoms with Gasteiger partial charge in [0, 0.05) is 32.3 Å². The fourth-order valence-corrected chi connectivity index (χ4v) is 6.46. The molecule has 0 N–H and O–H groups in total. The number of ether oxygens (including phenoxy) is 1. The Morgan fingerprint density at radius 2 is 1.75 bits per heavy atom. The highest BCUT2D eigenvalue weighted by atomic mass is 32.2. The molecule has 1 aliphatic rings. The lowest BCUT2D eigenvalue weighted by atomic mass is 10.1. The molecule has 4 rings (SSSR count). The molecule has 32 heavy (non-hydrogen) atoms.